The van der Waals surface area contributed by atoms with Gasteiger partial charge in [-0.3, -0.25) is 5.32 Å². The number of rotatable bonds is 0. The number of aromatic nitrogens is 1. The second-order valence-electron chi connectivity index (χ2n) is 1.86. The van der Waals surface area contributed by atoms with E-state index < -0.39 is 0 Å². The zero-order valence-electron chi connectivity index (χ0n) is 4.83. The summed E-state index contributed by atoms with van der Waals surface area (Å²) in [7, 11) is 0. The average molecular weight is 120 g/mol. The van der Waals surface area contributed by atoms with E-state index in [1.54, 1.807) is 6.20 Å². The molecular weight excluding hydrogens is 114 g/mol. The van der Waals surface area contributed by atoms with Crippen molar-refractivity contribution < 1.29 is 0 Å². The third-order valence-electron chi connectivity index (χ3n) is 1.28. The Bertz CT molecular complexity index is 198. The molecule has 3 nitrogen and oxygen atoms in total. The molecule has 0 aliphatic carbocycles. The minimum atomic E-state index is 0.673. The summed E-state index contributed by atoms with van der Waals surface area (Å²) >= 11 is 0. The van der Waals surface area contributed by atoms with Crippen molar-refractivity contribution in [2.24, 2.45) is 0 Å². The molecule has 3 heteroatoms. The first-order valence-corrected chi connectivity index (χ1v) is 2.83. The maximum absolute atomic E-state index is 4.13. The summed E-state index contributed by atoms with van der Waals surface area (Å²) < 4.78 is 0. The molecule has 1 aliphatic heterocycles. The summed E-state index contributed by atoms with van der Waals surface area (Å²) in [6.45, 7) is 0.673. The highest BCUT2D eigenvalue weighted by Gasteiger charge is 2.08. The lowest BCUT2D eigenvalue weighted by Gasteiger charge is -1.90. The van der Waals surface area contributed by atoms with Crippen molar-refractivity contribution in [3.05, 3.63) is 18.3 Å². The summed E-state index contributed by atoms with van der Waals surface area (Å²) in [5.41, 5.74) is 0.970. The molecule has 0 saturated carbocycles. The number of hydrogen-bond acceptors (Lipinski definition) is 2. The Morgan fingerprint density at radius 2 is 2.56 bits per heavy atom. The highest BCUT2D eigenvalue weighted by molar-refractivity contribution is 5.62. The van der Waals surface area contributed by atoms with E-state index >= 15 is 0 Å². The van der Waals surface area contributed by atoms with Crippen LogP contribution in [0.1, 0.15) is 0 Å². The van der Waals surface area contributed by atoms with E-state index in [1.165, 1.54) is 0 Å². The van der Waals surface area contributed by atoms with Crippen molar-refractivity contribution in [3.63, 3.8) is 0 Å². The standard InChI is InChI=1S/C6H6N3/c1-2-5-6(7-3-1)9-4-8-5/h1-3H,4H2,(H,7,9). The van der Waals surface area contributed by atoms with E-state index in [-0.39, 0.29) is 0 Å². The van der Waals surface area contributed by atoms with Crippen molar-refractivity contribution in [2.75, 3.05) is 12.0 Å². The zero-order valence-corrected chi connectivity index (χ0v) is 4.83. The molecule has 0 unspecified atom stereocenters. The van der Waals surface area contributed by atoms with Gasteiger partial charge >= 0.3 is 0 Å². The first-order chi connectivity index (χ1) is 4.47. The average Bonchev–Trinajstić information content (AvgIpc) is 2.33. The predicted octanol–water partition coefficient (Wildman–Crippen LogP) is 0.700. The molecule has 0 amide bonds. The van der Waals surface area contributed by atoms with Crippen molar-refractivity contribution in [2.45, 2.75) is 0 Å². The molecule has 9 heavy (non-hydrogen) atoms. The fourth-order valence-corrected chi connectivity index (χ4v) is 0.860. The van der Waals surface area contributed by atoms with Gasteiger partial charge in [0.2, 0.25) is 0 Å². The first-order valence-electron chi connectivity index (χ1n) is 2.83. The maximum Gasteiger partial charge on any atom is 0.152 e. The second kappa shape index (κ2) is 1.62. The van der Waals surface area contributed by atoms with Gasteiger partial charge in [0.25, 0.3) is 0 Å². The Morgan fingerprint density at radius 1 is 1.56 bits per heavy atom. The topological polar surface area (TPSA) is 39.0 Å². The maximum atomic E-state index is 4.13. The van der Waals surface area contributed by atoms with E-state index in [4.69, 9.17) is 0 Å². The number of anilines is 1. The van der Waals surface area contributed by atoms with Gasteiger partial charge in [0.15, 0.2) is 5.82 Å². The molecule has 1 aromatic heterocycles. The zero-order chi connectivity index (χ0) is 6.10. The van der Waals surface area contributed by atoms with Gasteiger partial charge in [0, 0.05) is 6.20 Å². The van der Waals surface area contributed by atoms with Crippen molar-refractivity contribution in [1.82, 2.24) is 10.3 Å². The first kappa shape index (κ1) is 4.61. The van der Waals surface area contributed by atoms with Crippen molar-refractivity contribution in [1.29, 1.82) is 0 Å². The van der Waals surface area contributed by atoms with Gasteiger partial charge in [-0.2, -0.15) is 0 Å². The van der Waals surface area contributed by atoms with Gasteiger partial charge in [-0.1, -0.05) is 0 Å². The minimum Gasteiger partial charge on any atom is -0.349 e. The van der Waals surface area contributed by atoms with Gasteiger partial charge < -0.3 is 5.32 Å². The lowest BCUT2D eigenvalue weighted by Crippen LogP contribution is -1.98. The predicted molar refractivity (Wildman–Crippen MR) is 34.5 cm³/mol. The van der Waals surface area contributed by atoms with Crippen LogP contribution in [0.15, 0.2) is 18.3 Å². The molecule has 0 spiro atoms. The van der Waals surface area contributed by atoms with Crippen LogP contribution in [0.3, 0.4) is 0 Å². The van der Waals surface area contributed by atoms with Gasteiger partial charge in [-0.05, 0) is 12.1 Å². The largest absolute Gasteiger partial charge is 0.349 e. The highest BCUT2D eigenvalue weighted by Crippen LogP contribution is 2.21. The van der Waals surface area contributed by atoms with Crippen LogP contribution in [-0.2, 0) is 0 Å². The summed E-state index contributed by atoms with van der Waals surface area (Å²) in [6.07, 6.45) is 1.76. The Kier molecular flexibility index (Phi) is 0.828. The molecule has 1 aromatic rings. The van der Waals surface area contributed by atoms with E-state index in [0.29, 0.717) is 6.67 Å². The number of nitrogens with one attached hydrogen (secondary N) is 1. The van der Waals surface area contributed by atoms with Crippen LogP contribution < -0.4 is 10.6 Å². The smallest absolute Gasteiger partial charge is 0.152 e. The van der Waals surface area contributed by atoms with Crippen LogP contribution in [0.5, 0.6) is 0 Å². The number of pyridine rings is 1. The summed E-state index contributed by atoms with van der Waals surface area (Å²) in [5.74, 6) is 0.900. The molecular formula is C6H6N3. The van der Waals surface area contributed by atoms with Crippen molar-refractivity contribution >= 4 is 11.5 Å². The molecule has 0 bridgehead atoms. The second-order valence-corrected chi connectivity index (χ2v) is 1.86. The van der Waals surface area contributed by atoms with Crippen LogP contribution in [-0.4, -0.2) is 11.7 Å². The van der Waals surface area contributed by atoms with Crippen LogP contribution in [0.4, 0.5) is 11.5 Å². The molecule has 0 saturated heterocycles. The fraction of sp³-hybridized carbons (Fsp3) is 0.167. The third kappa shape index (κ3) is 0.614. The van der Waals surface area contributed by atoms with Crippen LogP contribution in [0.25, 0.3) is 0 Å². The van der Waals surface area contributed by atoms with E-state index in [9.17, 15) is 0 Å². The highest BCUT2D eigenvalue weighted by atomic mass is 15.2. The Labute approximate surface area is 53.1 Å². The molecule has 1 radical (unpaired) electrons. The van der Waals surface area contributed by atoms with E-state index in [1.807, 2.05) is 12.1 Å². The lowest BCUT2D eigenvalue weighted by atomic mass is 10.4. The molecule has 2 rings (SSSR count). The lowest BCUT2D eigenvalue weighted by molar-refractivity contribution is 0.983. The van der Waals surface area contributed by atoms with Crippen molar-refractivity contribution in [3.8, 4) is 0 Å². The van der Waals surface area contributed by atoms with E-state index in [0.717, 1.165) is 11.5 Å². The number of nitrogens with zero attached hydrogens (tertiary/aromatic N) is 2. The third-order valence-corrected chi connectivity index (χ3v) is 1.28. The molecule has 0 atom stereocenters. The number of fused-ring (bicyclic) bond motifs is 1. The monoisotopic (exact) mass is 120 g/mol. The van der Waals surface area contributed by atoms with Gasteiger partial charge in [0.05, 0.1) is 0 Å². The van der Waals surface area contributed by atoms with E-state index in [2.05, 4.69) is 15.6 Å². The van der Waals surface area contributed by atoms with Crippen LogP contribution in [0, 0.1) is 0 Å². The molecule has 2 heterocycles. The number of hydrogen-bond donors (Lipinski definition) is 1. The Balaban J connectivity index is 2.54. The molecule has 0 aromatic carbocycles. The summed E-state index contributed by atoms with van der Waals surface area (Å²) in [6, 6.07) is 3.83. The minimum absolute atomic E-state index is 0.673. The van der Waals surface area contributed by atoms with Gasteiger partial charge in [0.1, 0.15) is 12.4 Å². The molecule has 45 valence electrons. The van der Waals surface area contributed by atoms with Crippen LogP contribution in [0.2, 0.25) is 0 Å². The normalized spacial score (nSPS) is 13.8. The van der Waals surface area contributed by atoms with Gasteiger partial charge in [-0.25, -0.2) is 4.98 Å². The molecule has 1 aliphatic rings. The summed E-state index contributed by atoms with van der Waals surface area (Å²) in [5, 5.41) is 7.15. The SMILES string of the molecule is c1cnc2c(c1)[N]CN2. The molecule has 0 fully saturated rings. The van der Waals surface area contributed by atoms with Gasteiger partial charge in [-0.15, -0.1) is 0 Å². The quantitative estimate of drug-likeness (QED) is 0.547. The Hall–Kier alpha value is -1.25. The molecule has 1 N–H and O–H groups in total. The van der Waals surface area contributed by atoms with Crippen LogP contribution >= 0.6 is 0 Å². The fourth-order valence-electron chi connectivity index (χ4n) is 0.860. The Morgan fingerprint density at radius 3 is 3.44 bits per heavy atom. The summed E-state index contributed by atoms with van der Waals surface area (Å²) in [4.78, 5) is 4.05.